The van der Waals surface area contributed by atoms with Crippen LogP contribution >= 0.6 is 34.8 Å². The van der Waals surface area contributed by atoms with Crippen LogP contribution in [0, 0.1) is 6.92 Å². The van der Waals surface area contributed by atoms with E-state index in [9.17, 15) is 18.0 Å². The number of carbonyl (C=O) groups is 2. The van der Waals surface area contributed by atoms with Gasteiger partial charge in [-0.1, -0.05) is 71.9 Å². The van der Waals surface area contributed by atoms with Gasteiger partial charge >= 0.3 is 0 Å². The van der Waals surface area contributed by atoms with Crippen molar-refractivity contribution in [3.63, 3.8) is 0 Å². The molecule has 0 aliphatic heterocycles. The van der Waals surface area contributed by atoms with Gasteiger partial charge in [0, 0.05) is 23.1 Å². The number of carbonyl (C=O) groups excluding carboxylic acids is 2. The Hall–Kier alpha value is -2.98. The van der Waals surface area contributed by atoms with Crippen LogP contribution in [0.3, 0.4) is 0 Å². The average Bonchev–Trinajstić information content (AvgIpc) is 2.95. The average molecular weight is 655 g/mol. The number of nitrogens with zero attached hydrogens (tertiary/aromatic N) is 2. The number of sulfonamides is 1. The molecule has 12 heteroatoms. The first-order valence-electron chi connectivity index (χ1n) is 13.3. The van der Waals surface area contributed by atoms with Crippen molar-refractivity contribution in [2.45, 2.75) is 51.1 Å². The lowest BCUT2D eigenvalue weighted by Crippen LogP contribution is -2.51. The summed E-state index contributed by atoms with van der Waals surface area (Å²) in [6, 6.07) is 14.6. The summed E-state index contributed by atoms with van der Waals surface area (Å²) in [6.07, 6.45) is 1.66. The molecule has 0 heterocycles. The summed E-state index contributed by atoms with van der Waals surface area (Å²) in [5, 5.41) is 3.74. The summed E-state index contributed by atoms with van der Waals surface area (Å²) < 4.78 is 34.1. The molecule has 226 valence electrons. The Kier molecular flexibility index (Phi) is 11.9. The molecule has 3 aromatic carbocycles. The van der Waals surface area contributed by atoms with Crippen LogP contribution in [0.5, 0.6) is 5.75 Å². The smallest absolute Gasteiger partial charge is 0.264 e. The molecule has 0 aliphatic rings. The zero-order chi connectivity index (χ0) is 31.0. The van der Waals surface area contributed by atoms with E-state index >= 15 is 0 Å². The Morgan fingerprint density at radius 2 is 1.67 bits per heavy atom. The van der Waals surface area contributed by atoms with Crippen molar-refractivity contribution in [3.05, 3.63) is 86.9 Å². The molecule has 42 heavy (non-hydrogen) atoms. The van der Waals surface area contributed by atoms with Crippen LogP contribution in [-0.2, 0) is 26.2 Å². The Balaban J connectivity index is 2.06. The van der Waals surface area contributed by atoms with E-state index in [1.54, 1.807) is 37.3 Å². The lowest BCUT2D eigenvalue weighted by atomic mass is 10.1. The minimum atomic E-state index is -4.24. The van der Waals surface area contributed by atoms with E-state index in [1.165, 1.54) is 42.3 Å². The zero-order valence-electron chi connectivity index (χ0n) is 23.9. The molecular weight excluding hydrogens is 621 g/mol. The number of halogens is 3. The molecule has 0 aliphatic carbocycles. The summed E-state index contributed by atoms with van der Waals surface area (Å²) in [6.45, 7) is 5.21. The number of rotatable bonds is 13. The maximum Gasteiger partial charge on any atom is 0.264 e. The van der Waals surface area contributed by atoms with Crippen LogP contribution in [0.25, 0.3) is 0 Å². The Morgan fingerprint density at radius 3 is 2.26 bits per heavy atom. The largest absolute Gasteiger partial charge is 0.495 e. The van der Waals surface area contributed by atoms with Gasteiger partial charge in [-0.3, -0.25) is 13.9 Å². The quantitative estimate of drug-likeness (QED) is 0.213. The number of ether oxygens (including phenoxy) is 1. The molecule has 1 atom stereocenters. The number of anilines is 1. The van der Waals surface area contributed by atoms with Crippen LogP contribution in [0.4, 0.5) is 5.69 Å². The molecule has 8 nitrogen and oxygen atoms in total. The third kappa shape index (κ3) is 8.31. The van der Waals surface area contributed by atoms with Gasteiger partial charge in [0.05, 0.1) is 22.7 Å². The van der Waals surface area contributed by atoms with Gasteiger partial charge < -0.3 is 15.0 Å². The van der Waals surface area contributed by atoms with Crippen LogP contribution < -0.4 is 14.4 Å². The van der Waals surface area contributed by atoms with E-state index in [0.29, 0.717) is 27.9 Å². The number of amides is 2. The maximum atomic E-state index is 14.0. The minimum Gasteiger partial charge on any atom is -0.495 e. The number of unbranched alkanes of at least 4 members (excludes halogenated alkanes) is 1. The van der Waals surface area contributed by atoms with Crippen molar-refractivity contribution in [2.75, 3.05) is 24.5 Å². The van der Waals surface area contributed by atoms with Crippen LogP contribution in [0.1, 0.15) is 37.8 Å². The van der Waals surface area contributed by atoms with Gasteiger partial charge in [-0.15, -0.1) is 0 Å². The summed E-state index contributed by atoms with van der Waals surface area (Å²) in [7, 11) is -2.80. The molecule has 0 radical (unpaired) electrons. The number of methoxy groups -OCH3 is 1. The van der Waals surface area contributed by atoms with Crippen molar-refractivity contribution >= 4 is 62.3 Å². The highest BCUT2D eigenvalue weighted by atomic mass is 35.5. The number of hydrogen-bond donors (Lipinski definition) is 1. The van der Waals surface area contributed by atoms with E-state index < -0.39 is 28.5 Å². The van der Waals surface area contributed by atoms with E-state index in [1.807, 2.05) is 13.8 Å². The fraction of sp³-hybridized carbons (Fsp3) is 0.333. The monoisotopic (exact) mass is 653 g/mol. The number of aryl methyl sites for hydroxylation is 1. The van der Waals surface area contributed by atoms with Crippen molar-refractivity contribution in [3.8, 4) is 5.75 Å². The third-order valence-corrected chi connectivity index (χ3v) is 9.33. The molecule has 0 saturated carbocycles. The van der Waals surface area contributed by atoms with Crippen LogP contribution in [-0.4, -0.2) is 51.4 Å². The first kappa shape index (κ1) is 33.5. The number of benzene rings is 3. The molecule has 1 N–H and O–H groups in total. The molecule has 0 unspecified atom stereocenters. The predicted octanol–water partition coefficient (Wildman–Crippen LogP) is 6.49. The SMILES string of the molecule is CCCCNC(=O)[C@@H](C)N(Cc1ccc(Cl)cc1Cl)C(=O)CN(c1ccc(OC)c(Cl)c1)S(=O)(=O)c1ccc(C)cc1. The standard InChI is InChI=1S/C30H34Cl3N3O5S/c1-5-6-15-34-30(38)21(3)35(18-22-9-10-23(31)16-26(22)32)29(37)19-36(24-11-14-28(41-4)27(33)17-24)42(39,40)25-12-7-20(2)8-13-25/h7-14,16-17,21H,5-6,15,18-19H2,1-4H3,(H,34,38)/t21-/m1/s1. The van der Waals surface area contributed by atoms with Gasteiger partial charge in [0.25, 0.3) is 10.0 Å². The highest BCUT2D eigenvalue weighted by Gasteiger charge is 2.33. The first-order chi connectivity index (χ1) is 19.9. The molecular formula is C30H34Cl3N3O5S. The predicted molar refractivity (Wildman–Crippen MR) is 168 cm³/mol. The fourth-order valence-corrected chi connectivity index (χ4v) is 6.25. The lowest BCUT2D eigenvalue weighted by Gasteiger charge is -2.32. The third-order valence-electron chi connectivity index (χ3n) is 6.66. The molecule has 3 aromatic rings. The topological polar surface area (TPSA) is 96.0 Å². The lowest BCUT2D eigenvalue weighted by molar-refractivity contribution is -0.139. The van der Waals surface area contributed by atoms with Crippen molar-refractivity contribution < 1.29 is 22.7 Å². The Labute approximate surface area is 262 Å². The molecule has 2 amide bonds. The van der Waals surface area contributed by atoms with E-state index in [0.717, 1.165) is 22.7 Å². The van der Waals surface area contributed by atoms with Crippen molar-refractivity contribution in [2.24, 2.45) is 0 Å². The highest BCUT2D eigenvalue weighted by molar-refractivity contribution is 7.92. The van der Waals surface area contributed by atoms with Gasteiger partial charge in [0.15, 0.2) is 0 Å². The van der Waals surface area contributed by atoms with Gasteiger partial charge in [-0.25, -0.2) is 8.42 Å². The van der Waals surface area contributed by atoms with E-state index in [-0.39, 0.29) is 28.1 Å². The summed E-state index contributed by atoms with van der Waals surface area (Å²) in [5.41, 5.74) is 1.57. The fourth-order valence-electron chi connectivity index (χ4n) is 4.13. The van der Waals surface area contributed by atoms with Gasteiger partial charge in [0.1, 0.15) is 18.3 Å². The molecule has 0 aromatic heterocycles. The van der Waals surface area contributed by atoms with Crippen molar-refractivity contribution in [1.29, 1.82) is 0 Å². The molecule has 0 spiro atoms. The number of nitrogens with one attached hydrogen (secondary N) is 1. The maximum absolute atomic E-state index is 14.0. The van der Waals surface area contributed by atoms with Crippen LogP contribution in [0.2, 0.25) is 15.1 Å². The zero-order valence-corrected chi connectivity index (χ0v) is 26.9. The number of hydrogen-bond acceptors (Lipinski definition) is 5. The van der Waals surface area contributed by atoms with Gasteiger partial charge in [-0.05, 0) is 68.3 Å². The minimum absolute atomic E-state index is 0.00880. The first-order valence-corrected chi connectivity index (χ1v) is 15.9. The van der Waals surface area contributed by atoms with Crippen LogP contribution in [0.15, 0.2) is 65.6 Å². The summed E-state index contributed by atoms with van der Waals surface area (Å²) in [5.74, 6) is -0.653. The Morgan fingerprint density at radius 1 is 0.976 bits per heavy atom. The second-order valence-corrected chi connectivity index (χ2v) is 12.8. The Bertz CT molecular complexity index is 1520. The normalized spacial score (nSPS) is 12.0. The second kappa shape index (κ2) is 15.0. The molecule has 3 rings (SSSR count). The highest BCUT2D eigenvalue weighted by Crippen LogP contribution is 2.32. The van der Waals surface area contributed by atoms with E-state index in [2.05, 4.69) is 5.32 Å². The second-order valence-electron chi connectivity index (χ2n) is 9.72. The van der Waals surface area contributed by atoms with Crippen molar-refractivity contribution in [1.82, 2.24) is 10.2 Å². The van der Waals surface area contributed by atoms with E-state index in [4.69, 9.17) is 39.5 Å². The van der Waals surface area contributed by atoms with Gasteiger partial charge in [0.2, 0.25) is 11.8 Å². The van der Waals surface area contributed by atoms with Gasteiger partial charge in [-0.2, -0.15) is 0 Å². The summed E-state index contributed by atoms with van der Waals surface area (Å²) >= 11 is 18.8. The summed E-state index contributed by atoms with van der Waals surface area (Å²) in [4.78, 5) is 28.4. The molecule has 0 bridgehead atoms. The molecule has 0 fully saturated rings. The molecule has 0 saturated heterocycles.